The molecule has 0 unspecified atom stereocenters. The first-order valence-corrected chi connectivity index (χ1v) is 9.51. The second kappa shape index (κ2) is 8.43. The largest absolute Gasteiger partial charge is 0.455 e. The van der Waals surface area contributed by atoms with Gasteiger partial charge in [0, 0.05) is 16.3 Å². The van der Waals surface area contributed by atoms with Crippen LogP contribution in [0.15, 0.2) is 11.4 Å². The molecule has 1 N–H and O–H groups in total. The van der Waals surface area contributed by atoms with Crippen LogP contribution in [0.4, 0.5) is 0 Å². The molecule has 1 atom stereocenters. The van der Waals surface area contributed by atoms with Gasteiger partial charge in [-0.15, -0.1) is 11.3 Å². The molecule has 0 aliphatic heterocycles. The highest BCUT2D eigenvalue weighted by Crippen LogP contribution is 2.34. The molecule has 2 aromatic heterocycles. The molecular weight excluding hydrogens is 346 g/mol. The van der Waals surface area contributed by atoms with Crippen molar-refractivity contribution < 1.29 is 14.3 Å². The molecule has 130 valence electrons. The average Bonchev–Trinajstić information content (AvgIpc) is 2.86. The Morgan fingerprint density at radius 1 is 1.38 bits per heavy atom. The van der Waals surface area contributed by atoms with E-state index in [9.17, 15) is 9.59 Å². The van der Waals surface area contributed by atoms with Gasteiger partial charge in [0.2, 0.25) is 0 Å². The van der Waals surface area contributed by atoms with E-state index in [4.69, 9.17) is 4.74 Å². The third-order valence-corrected chi connectivity index (χ3v) is 5.72. The van der Waals surface area contributed by atoms with E-state index in [2.05, 4.69) is 15.3 Å². The predicted octanol–water partition coefficient (Wildman–Crippen LogP) is 2.86. The number of esters is 1. The Morgan fingerprint density at radius 2 is 2.12 bits per heavy atom. The van der Waals surface area contributed by atoms with Crippen LogP contribution in [0.25, 0.3) is 10.2 Å². The van der Waals surface area contributed by atoms with Crippen LogP contribution in [0.2, 0.25) is 0 Å². The third kappa shape index (κ3) is 4.67. The smallest absolute Gasteiger partial charge is 0.316 e. The van der Waals surface area contributed by atoms with Gasteiger partial charge in [0.1, 0.15) is 16.2 Å². The number of nitrogens with zero attached hydrogens (tertiary/aromatic N) is 2. The minimum Gasteiger partial charge on any atom is -0.455 e. The Labute approximate surface area is 149 Å². The molecule has 6 nitrogen and oxygen atoms in total. The molecule has 0 aliphatic carbocycles. The van der Waals surface area contributed by atoms with Gasteiger partial charge in [-0.05, 0) is 32.8 Å². The summed E-state index contributed by atoms with van der Waals surface area (Å²) >= 11 is 2.92. The van der Waals surface area contributed by atoms with Crippen LogP contribution in [0.3, 0.4) is 0 Å². The lowest BCUT2D eigenvalue weighted by atomic mass is 10.2. The number of hydrogen-bond acceptors (Lipinski definition) is 7. The van der Waals surface area contributed by atoms with E-state index in [1.165, 1.54) is 23.0 Å². The first-order valence-electron chi connectivity index (χ1n) is 7.70. The Kier molecular flexibility index (Phi) is 6.56. The molecule has 0 saturated heterocycles. The van der Waals surface area contributed by atoms with Crippen LogP contribution in [0.1, 0.15) is 30.7 Å². The van der Waals surface area contributed by atoms with E-state index in [0.29, 0.717) is 0 Å². The first kappa shape index (κ1) is 18.7. The molecule has 2 rings (SSSR count). The Balaban J connectivity index is 1.90. The molecule has 0 aliphatic rings. The third-order valence-electron chi connectivity index (χ3n) is 3.64. The van der Waals surface area contributed by atoms with Gasteiger partial charge < -0.3 is 10.1 Å². The summed E-state index contributed by atoms with van der Waals surface area (Å²) in [7, 11) is 0. The topological polar surface area (TPSA) is 81.2 Å². The van der Waals surface area contributed by atoms with Crippen LogP contribution in [-0.4, -0.2) is 40.2 Å². The van der Waals surface area contributed by atoms with Gasteiger partial charge in [0.05, 0.1) is 5.75 Å². The minimum atomic E-state index is -0.435. The molecule has 2 heterocycles. The zero-order chi connectivity index (χ0) is 17.7. The number of rotatable bonds is 7. The summed E-state index contributed by atoms with van der Waals surface area (Å²) in [6.45, 7) is 7.70. The number of nitrogens with one attached hydrogen (secondary N) is 1. The fourth-order valence-corrected chi connectivity index (χ4v) is 3.91. The summed E-state index contributed by atoms with van der Waals surface area (Å²) in [5, 5.41) is 4.51. The lowest BCUT2D eigenvalue weighted by Gasteiger charge is -2.11. The summed E-state index contributed by atoms with van der Waals surface area (Å²) < 4.78 is 5.01. The van der Waals surface area contributed by atoms with Crippen molar-refractivity contribution in [1.82, 2.24) is 15.3 Å². The van der Waals surface area contributed by atoms with E-state index in [-0.39, 0.29) is 24.3 Å². The number of thioether (sulfide) groups is 1. The van der Waals surface area contributed by atoms with Crippen LogP contribution >= 0.6 is 23.1 Å². The van der Waals surface area contributed by atoms with E-state index < -0.39 is 5.97 Å². The quantitative estimate of drug-likeness (QED) is 0.460. The number of ether oxygens (including phenoxy) is 1. The van der Waals surface area contributed by atoms with Gasteiger partial charge in [0.25, 0.3) is 5.91 Å². The van der Waals surface area contributed by atoms with Crippen molar-refractivity contribution in [3.8, 4) is 0 Å². The molecule has 1 amide bonds. The Hall–Kier alpha value is -1.67. The van der Waals surface area contributed by atoms with Gasteiger partial charge in [-0.25, -0.2) is 9.97 Å². The van der Waals surface area contributed by atoms with Crippen LogP contribution < -0.4 is 5.32 Å². The monoisotopic (exact) mass is 367 g/mol. The highest BCUT2D eigenvalue weighted by molar-refractivity contribution is 8.00. The number of aryl methyl sites for hydroxylation is 2. The fraction of sp³-hybridized carbons (Fsp3) is 0.500. The van der Waals surface area contributed by atoms with Crippen molar-refractivity contribution in [3.63, 3.8) is 0 Å². The van der Waals surface area contributed by atoms with Gasteiger partial charge in [-0.3, -0.25) is 9.59 Å². The molecule has 8 heteroatoms. The highest BCUT2D eigenvalue weighted by Gasteiger charge is 2.15. The Bertz CT molecular complexity index is 745. The number of thiophene rings is 1. The summed E-state index contributed by atoms with van der Waals surface area (Å²) in [4.78, 5) is 34.1. The van der Waals surface area contributed by atoms with E-state index in [0.717, 1.165) is 27.2 Å². The molecule has 2 aromatic rings. The van der Waals surface area contributed by atoms with Crippen molar-refractivity contribution >= 4 is 45.2 Å². The maximum absolute atomic E-state index is 11.8. The van der Waals surface area contributed by atoms with Crippen molar-refractivity contribution in [2.24, 2.45) is 0 Å². The minimum absolute atomic E-state index is 0.0738. The molecule has 0 aromatic carbocycles. The summed E-state index contributed by atoms with van der Waals surface area (Å²) in [6, 6.07) is 0.0738. The van der Waals surface area contributed by atoms with E-state index in [1.54, 1.807) is 11.3 Å². The standard InChI is InChI=1S/C16H21N3O3S2/c1-5-9(2)19-12(20)6-22-13(21)7-23-15-14-10(3)11(4)24-16(14)18-8-17-15/h8-9H,5-7H2,1-4H3,(H,19,20)/t9-/m1/s1. The predicted molar refractivity (Wildman–Crippen MR) is 96.5 cm³/mol. The number of amides is 1. The average molecular weight is 367 g/mol. The summed E-state index contributed by atoms with van der Waals surface area (Å²) in [6.07, 6.45) is 2.34. The lowest BCUT2D eigenvalue weighted by Crippen LogP contribution is -2.35. The fourth-order valence-electron chi connectivity index (χ4n) is 1.99. The van der Waals surface area contributed by atoms with Gasteiger partial charge >= 0.3 is 5.97 Å². The molecule has 0 spiro atoms. The van der Waals surface area contributed by atoms with Gasteiger partial charge in [0.15, 0.2) is 6.61 Å². The van der Waals surface area contributed by atoms with Gasteiger partial charge in [-0.1, -0.05) is 18.7 Å². The lowest BCUT2D eigenvalue weighted by molar-refractivity contribution is -0.146. The van der Waals surface area contributed by atoms with E-state index >= 15 is 0 Å². The number of hydrogen-bond donors (Lipinski definition) is 1. The maximum atomic E-state index is 11.8. The number of carbonyl (C=O) groups is 2. The molecule has 0 saturated carbocycles. The molecular formula is C16H21N3O3S2. The summed E-state index contributed by atoms with van der Waals surface area (Å²) in [5.74, 6) is -0.607. The highest BCUT2D eigenvalue weighted by atomic mass is 32.2. The van der Waals surface area contributed by atoms with Crippen LogP contribution in [0.5, 0.6) is 0 Å². The summed E-state index contributed by atoms with van der Waals surface area (Å²) in [5.41, 5.74) is 1.14. The molecule has 0 bridgehead atoms. The second-order valence-corrected chi connectivity index (χ2v) is 7.64. The van der Waals surface area contributed by atoms with Crippen molar-refractivity contribution in [3.05, 3.63) is 16.8 Å². The first-order chi connectivity index (χ1) is 11.4. The van der Waals surface area contributed by atoms with Crippen molar-refractivity contribution in [1.29, 1.82) is 0 Å². The molecule has 0 fully saturated rings. The number of aromatic nitrogens is 2. The zero-order valence-corrected chi connectivity index (χ0v) is 15.8. The van der Waals surface area contributed by atoms with Gasteiger partial charge in [-0.2, -0.15) is 0 Å². The van der Waals surface area contributed by atoms with Crippen molar-refractivity contribution in [2.75, 3.05) is 12.4 Å². The molecule has 24 heavy (non-hydrogen) atoms. The van der Waals surface area contributed by atoms with Crippen LogP contribution in [0, 0.1) is 13.8 Å². The normalized spacial score (nSPS) is 12.2. The van der Waals surface area contributed by atoms with E-state index in [1.807, 2.05) is 27.7 Å². The van der Waals surface area contributed by atoms with Crippen molar-refractivity contribution in [2.45, 2.75) is 45.2 Å². The number of carbonyl (C=O) groups excluding carboxylic acids is 2. The SMILES string of the molecule is CC[C@@H](C)NC(=O)COC(=O)CSc1ncnc2sc(C)c(C)c12. The zero-order valence-electron chi connectivity index (χ0n) is 14.2. The molecule has 0 radical (unpaired) electrons. The Morgan fingerprint density at radius 3 is 2.83 bits per heavy atom. The van der Waals surface area contributed by atoms with Crippen LogP contribution in [-0.2, 0) is 14.3 Å². The number of fused-ring (bicyclic) bond motifs is 1. The second-order valence-electron chi connectivity index (χ2n) is 5.47. The maximum Gasteiger partial charge on any atom is 0.316 e.